The first-order valence-corrected chi connectivity index (χ1v) is 12.8. The van der Waals surface area contributed by atoms with E-state index in [0.29, 0.717) is 10.6 Å². The van der Waals surface area contributed by atoms with Gasteiger partial charge in [-0.3, -0.25) is 14.5 Å². The third-order valence-corrected chi connectivity index (χ3v) is 7.04. The van der Waals surface area contributed by atoms with Gasteiger partial charge in [0, 0.05) is 17.3 Å². The highest BCUT2D eigenvalue weighted by Crippen LogP contribution is 2.35. The highest BCUT2D eigenvalue weighted by Gasteiger charge is 2.36. The van der Waals surface area contributed by atoms with Crippen molar-refractivity contribution < 1.29 is 9.59 Å². The standard InChI is InChI=1S/C29H22N6O2S/c1-20-12-14-25(15-13-20)35-19-23(30-32-35)18-33-28(36)26(38-29(33)37)16-22-17-34(24-10-6-3-7-11-24)31-27(22)21-8-4-2-5-9-21/h2-17,19H,18H2,1H3/b26-16-. The molecule has 5 aromatic rings. The SMILES string of the molecule is Cc1ccc(-n2cc(CN3C(=O)S/C(=C\c4cn(-c5ccccc5)nc4-c4ccccc4)C3=O)nn2)cc1. The van der Waals surface area contributed by atoms with E-state index < -0.39 is 0 Å². The second-order valence-corrected chi connectivity index (χ2v) is 9.83. The summed E-state index contributed by atoms with van der Waals surface area (Å²) < 4.78 is 3.41. The highest BCUT2D eigenvalue weighted by atomic mass is 32.2. The normalized spacial score (nSPS) is 14.6. The van der Waals surface area contributed by atoms with E-state index in [1.807, 2.05) is 98.0 Å². The minimum absolute atomic E-state index is 0.0443. The van der Waals surface area contributed by atoms with E-state index >= 15 is 0 Å². The van der Waals surface area contributed by atoms with E-state index in [1.54, 1.807) is 21.6 Å². The molecule has 0 radical (unpaired) electrons. The van der Waals surface area contributed by atoms with Crippen molar-refractivity contribution in [1.29, 1.82) is 0 Å². The van der Waals surface area contributed by atoms with E-state index in [2.05, 4.69) is 10.3 Å². The Hall–Kier alpha value is -4.76. The third-order valence-electron chi connectivity index (χ3n) is 6.13. The summed E-state index contributed by atoms with van der Waals surface area (Å²) in [5.41, 5.74) is 5.80. The van der Waals surface area contributed by atoms with Crippen molar-refractivity contribution in [2.75, 3.05) is 0 Å². The molecule has 1 fully saturated rings. The first-order valence-electron chi connectivity index (χ1n) is 12.0. The molecule has 0 bridgehead atoms. The van der Waals surface area contributed by atoms with Crippen LogP contribution >= 0.6 is 11.8 Å². The van der Waals surface area contributed by atoms with E-state index in [1.165, 1.54) is 4.90 Å². The number of rotatable bonds is 6. The topological polar surface area (TPSA) is 85.9 Å². The van der Waals surface area contributed by atoms with Crippen molar-refractivity contribution in [3.8, 4) is 22.6 Å². The van der Waals surface area contributed by atoms with Gasteiger partial charge in [0.1, 0.15) is 5.69 Å². The second kappa shape index (κ2) is 9.95. The second-order valence-electron chi connectivity index (χ2n) is 8.84. The lowest BCUT2D eigenvalue weighted by atomic mass is 10.1. The molecule has 0 saturated carbocycles. The fourth-order valence-corrected chi connectivity index (χ4v) is 4.99. The molecular weight excluding hydrogens is 496 g/mol. The molecule has 0 N–H and O–H groups in total. The number of carbonyl (C=O) groups is 2. The maximum absolute atomic E-state index is 13.3. The molecule has 1 aliphatic rings. The molecule has 186 valence electrons. The zero-order valence-corrected chi connectivity index (χ0v) is 21.2. The lowest BCUT2D eigenvalue weighted by Crippen LogP contribution is -2.27. The molecule has 2 amide bonds. The number of benzene rings is 3. The Morgan fingerprint density at radius 1 is 0.816 bits per heavy atom. The smallest absolute Gasteiger partial charge is 0.268 e. The Morgan fingerprint density at radius 2 is 1.50 bits per heavy atom. The minimum atomic E-state index is -0.364. The first-order chi connectivity index (χ1) is 18.5. The quantitative estimate of drug-likeness (QED) is 0.270. The van der Waals surface area contributed by atoms with Crippen LogP contribution in [0.1, 0.15) is 16.8 Å². The van der Waals surface area contributed by atoms with Crippen molar-refractivity contribution in [3.05, 3.63) is 119 Å². The van der Waals surface area contributed by atoms with Crippen molar-refractivity contribution >= 4 is 29.0 Å². The lowest BCUT2D eigenvalue weighted by Gasteiger charge is -2.09. The van der Waals surface area contributed by atoms with Crippen LogP contribution in [0.5, 0.6) is 0 Å². The number of aromatic nitrogens is 5. The molecule has 0 atom stereocenters. The van der Waals surface area contributed by atoms with Crippen LogP contribution in [0.3, 0.4) is 0 Å². The number of aryl methyl sites for hydroxylation is 1. The van der Waals surface area contributed by atoms with Crippen molar-refractivity contribution in [1.82, 2.24) is 29.7 Å². The molecule has 1 saturated heterocycles. The predicted octanol–water partition coefficient (Wildman–Crippen LogP) is 5.66. The van der Waals surface area contributed by atoms with Crippen molar-refractivity contribution in [3.63, 3.8) is 0 Å². The fourth-order valence-electron chi connectivity index (χ4n) is 4.16. The minimum Gasteiger partial charge on any atom is -0.268 e. The molecule has 0 aliphatic carbocycles. The fraction of sp³-hybridized carbons (Fsp3) is 0.0690. The Morgan fingerprint density at radius 3 is 2.24 bits per heavy atom. The number of imide groups is 1. The summed E-state index contributed by atoms with van der Waals surface area (Å²) in [7, 11) is 0. The zero-order chi connectivity index (χ0) is 26.1. The third kappa shape index (κ3) is 4.67. The van der Waals surface area contributed by atoms with Crippen LogP contribution in [0.4, 0.5) is 4.79 Å². The van der Waals surface area contributed by atoms with Crippen LogP contribution < -0.4 is 0 Å². The Kier molecular flexibility index (Phi) is 6.19. The number of hydrogen-bond acceptors (Lipinski definition) is 6. The number of carbonyl (C=O) groups excluding carboxylic acids is 2. The van der Waals surface area contributed by atoms with Gasteiger partial charge in [0.05, 0.1) is 34.7 Å². The van der Waals surface area contributed by atoms with Gasteiger partial charge < -0.3 is 0 Å². The van der Waals surface area contributed by atoms with E-state index in [4.69, 9.17) is 5.10 Å². The molecule has 8 nitrogen and oxygen atoms in total. The maximum atomic E-state index is 13.3. The number of amides is 2. The van der Waals surface area contributed by atoms with Gasteiger partial charge in [0.25, 0.3) is 11.1 Å². The monoisotopic (exact) mass is 518 g/mol. The molecule has 1 aliphatic heterocycles. The van der Waals surface area contributed by atoms with Crippen LogP contribution in [0.15, 0.2) is 102 Å². The van der Waals surface area contributed by atoms with Crippen LogP contribution in [0.25, 0.3) is 28.7 Å². The van der Waals surface area contributed by atoms with Gasteiger partial charge in [0.2, 0.25) is 0 Å². The van der Waals surface area contributed by atoms with Gasteiger partial charge in [-0.25, -0.2) is 9.36 Å². The summed E-state index contributed by atoms with van der Waals surface area (Å²) in [6, 6.07) is 27.4. The summed E-state index contributed by atoms with van der Waals surface area (Å²) in [4.78, 5) is 27.7. The summed E-state index contributed by atoms with van der Waals surface area (Å²) in [5, 5.41) is 12.8. The summed E-state index contributed by atoms with van der Waals surface area (Å²) >= 11 is 0.916. The van der Waals surface area contributed by atoms with Gasteiger partial charge in [0.15, 0.2) is 0 Å². The zero-order valence-electron chi connectivity index (χ0n) is 20.4. The summed E-state index contributed by atoms with van der Waals surface area (Å²) in [6.07, 6.45) is 5.34. The largest absolute Gasteiger partial charge is 0.293 e. The molecule has 0 unspecified atom stereocenters. The van der Waals surface area contributed by atoms with E-state index in [9.17, 15) is 9.59 Å². The first kappa shape index (κ1) is 23.6. The molecule has 6 rings (SSSR count). The average molecular weight is 519 g/mol. The van der Waals surface area contributed by atoms with Crippen molar-refractivity contribution in [2.24, 2.45) is 0 Å². The molecule has 2 aromatic heterocycles. The molecule has 9 heteroatoms. The molecule has 3 aromatic carbocycles. The van der Waals surface area contributed by atoms with Crippen molar-refractivity contribution in [2.45, 2.75) is 13.5 Å². The van der Waals surface area contributed by atoms with Crippen LogP contribution in [-0.4, -0.2) is 40.8 Å². The van der Waals surface area contributed by atoms with Gasteiger partial charge in [-0.15, -0.1) is 5.10 Å². The number of hydrogen-bond donors (Lipinski definition) is 0. The Balaban J connectivity index is 1.28. The number of thioether (sulfide) groups is 1. The molecular formula is C29H22N6O2S. The average Bonchev–Trinajstić information content (AvgIpc) is 3.65. The van der Waals surface area contributed by atoms with Crippen LogP contribution in [0.2, 0.25) is 0 Å². The van der Waals surface area contributed by atoms with Crippen LogP contribution in [0, 0.1) is 6.92 Å². The van der Waals surface area contributed by atoms with Crippen LogP contribution in [-0.2, 0) is 11.3 Å². The van der Waals surface area contributed by atoms with Gasteiger partial charge >= 0.3 is 0 Å². The lowest BCUT2D eigenvalue weighted by molar-refractivity contribution is -0.123. The number of para-hydroxylation sites is 1. The molecule has 38 heavy (non-hydrogen) atoms. The Bertz CT molecular complexity index is 1660. The molecule has 0 spiro atoms. The predicted molar refractivity (Wildman–Crippen MR) is 147 cm³/mol. The number of nitrogens with zero attached hydrogens (tertiary/aromatic N) is 6. The highest BCUT2D eigenvalue weighted by molar-refractivity contribution is 8.18. The maximum Gasteiger partial charge on any atom is 0.293 e. The Labute approximate surface area is 223 Å². The van der Waals surface area contributed by atoms with E-state index in [-0.39, 0.29) is 17.7 Å². The van der Waals surface area contributed by atoms with Gasteiger partial charge in [-0.05, 0) is 49.0 Å². The summed E-state index contributed by atoms with van der Waals surface area (Å²) in [6.45, 7) is 2.06. The van der Waals surface area contributed by atoms with Gasteiger partial charge in [-0.1, -0.05) is 71.4 Å². The summed E-state index contributed by atoms with van der Waals surface area (Å²) in [5.74, 6) is -0.364. The van der Waals surface area contributed by atoms with E-state index in [0.717, 1.165) is 45.5 Å². The van der Waals surface area contributed by atoms with Gasteiger partial charge in [-0.2, -0.15) is 5.10 Å². The molecule has 3 heterocycles.